The molecule has 0 radical (unpaired) electrons. The zero-order valence-electron chi connectivity index (χ0n) is 12.5. The number of rotatable bonds is 7. The second-order valence-electron chi connectivity index (χ2n) is 4.76. The monoisotopic (exact) mass is 314 g/mol. The lowest BCUT2D eigenvalue weighted by Gasteiger charge is -2.27. The molecule has 5 nitrogen and oxygen atoms in total. The lowest BCUT2D eigenvalue weighted by molar-refractivity contribution is 0.0941. The third-order valence-corrected chi connectivity index (χ3v) is 3.22. The van der Waals surface area contributed by atoms with Gasteiger partial charge in [0.05, 0.1) is 13.2 Å². The van der Waals surface area contributed by atoms with E-state index in [1.807, 2.05) is 13.8 Å². The minimum atomic E-state index is -0.0686. The number of amides is 1. The van der Waals surface area contributed by atoms with E-state index in [2.05, 4.69) is 10.6 Å². The number of nitrogens with one attached hydrogen (secondary N) is 2. The summed E-state index contributed by atoms with van der Waals surface area (Å²) in [6.07, 6.45) is 0. The van der Waals surface area contributed by atoms with Crippen LogP contribution in [-0.4, -0.2) is 38.8 Å². The third-order valence-electron chi connectivity index (χ3n) is 3.22. The van der Waals surface area contributed by atoms with Gasteiger partial charge in [-0.1, -0.05) is 0 Å². The van der Waals surface area contributed by atoms with Gasteiger partial charge in [-0.05, 0) is 32.0 Å². The van der Waals surface area contributed by atoms with Crippen LogP contribution in [0.15, 0.2) is 18.2 Å². The van der Waals surface area contributed by atoms with Gasteiger partial charge < -0.3 is 20.1 Å². The number of carbonyl (C=O) groups is 1. The van der Waals surface area contributed by atoms with Crippen molar-refractivity contribution < 1.29 is 14.3 Å². The van der Waals surface area contributed by atoms with Crippen LogP contribution in [0.4, 0.5) is 0 Å². The summed E-state index contributed by atoms with van der Waals surface area (Å²) in [6, 6.07) is 5.29. The summed E-state index contributed by atoms with van der Waals surface area (Å²) in [6.45, 7) is 7.61. The topological polar surface area (TPSA) is 59.6 Å². The van der Waals surface area contributed by atoms with E-state index in [1.54, 1.807) is 18.2 Å². The number of hydrogen-bond donors (Lipinski definition) is 2. The molecule has 0 aliphatic carbocycles. The summed E-state index contributed by atoms with van der Waals surface area (Å²) in [5.74, 6) is 1.77. The van der Waals surface area contributed by atoms with E-state index in [4.69, 9.17) is 9.47 Å². The lowest BCUT2D eigenvalue weighted by Crippen LogP contribution is -2.48. The fourth-order valence-corrected chi connectivity index (χ4v) is 2.02. The molecule has 1 amide bonds. The molecule has 2 N–H and O–H groups in total. The molecular weight excluding hydrogens is 292 g/mol. The first-order valence-electron chi connectivity index (χ1n) is 7.13. The molecule has 1 aromatic carbocycles. The molecule has 0 unspecified atom stereocenters. The molecule has 0 aromatic heterocycles. The smallest absolute Gasteiger partial charge is 0.251 e. The van der Waals surface area contributed by atoms with E-state index in [9.17, 15) is 4.79 Å². The van der Waals surface area contributed by atoms with Crippen molar-refractivity contribution in [3.63, 3.8) is 0 Å². The average Bonchev–Trinajstić information content (AvgIpc) is 2.39. The van der Waals surface area contributed by atoms with Crippen LogP contribution in [0.2, 0.25) is 0 Å². The summed E-state index contributed by atoms with van der Waals surface area (Å²) in [5, 5.41) is 6.13. The van der Waals surface area contributed by atoms with Crippen LogP contribution < -0.4 is 20.1 Å². The fourth-order valence-electron chi connectivity index (χ4n) is 2.02. The van der Waals surface area contributed by atoms with Crippen LogP contribution in [0.1, 0.15) is 24.2 Å². The van der Waals surface area contributed by atoms with Gasteiger partial charge in [0.15, 0.2) is 11.5 Å². The summed E-state index contributed by atoms with van der Waals surface area (Å²) >= 11 is 0. The first-order chi connectivity index (χ1) is 9.74. The minimum absolute atomic E-state index is 0. The summed E-state index contributed by atoms with van der Waals surface area (Å²) in [5.41, 5.74) is 0.601. The van der Waals surface area contributed by atoms with E-state index in [-0.39, 0.29) is 18.3 Å². The molecule has 1 aliphatic rings. The molecule has 0 bridgehead atoms. The second-order valence-corrected chi connectivity index (χ2v) is 4.76. The van der Waals surface area contributed by atoms with E-state index < -0.39 is 0 Å². The molecule has 2 rings (SSSR count). The molecule has 0 spiro atoms. The average molecular weight is 315 g/mol. The first-order valence-corrected chi connectivity index (χ1v) is 7.13. The van der Waals surface area contributed by atoms with Crippen molar-refractivity contribution in [3.05, 3.63) is 23.8 Å². The highest BCUT2D eigenvalue weighted by Gasteiger charge is 2.18. The Hall–Kier alpha value is -1.46. The van der Waals surface area contributed by atoms with Crippen molar-refractivity contribution in [2.75, 3.05) is 32.8 Å². The normalized spacial score (nSPS) is 13.8. The highest BCUT2D eigenvalue weighted by atomic mass is 35.5. The van der Waals surface area contributed by atoms with Gasteiger partial charge in [0.2, 0.25) is 0 Å². The zero-order chi connectivity index (χ0) is 14.4. The molecule has 1 saturated heterocycles. The highest BCUT2D eigenvalue weighted by molar-refractivity contribution is 5.94. The van der Waals surface area contributed by atoms with Crippen molar-refractivity contribution in [1.82, 2.24) is 10.6 Å². The van der Waals surface area contributed by atoms with E-state index in [0.29, 0.717) is 42.7 Å². The molecule has 1 aromatic rings. The van der Waals surface area contributed by atoms with Crippen LogP contribution in [-0.2, 0) is 0 Å². The van der Waals surface area contributed by atoms with Gasteiger partial charge in [0.1, 0.15) is 0 Å². The molecule has 6 heteroatoms. The van der Waals surface area contributed by atoms with E-state index in [0.717, 1.165) is 13.1 Å². The molecule has 0 atom stereocenters. The lowest BCUT2D eigenvalue weighted by atomic mass is 10.0. The van der Waals surface area contributed by atoms with Crippen LogP contribution in [0.5, 0.6) is 11.5 Å². The van der Waals surface area contributed by atoms with Crippen LogP contribution in [0.25, 0.3) is 0 Å². The number of benzene rings is 1. The molecule has 21 heavy (non-hydrogen) atoms. The first kappa shape index (κ1) is 17.6. The number of ether oxygens (including phenoxy) is 2. The van der Waals surface area contributed by atoms with Gasteiger partial charge in [-0.3, -0.25) is 4.79 Å². The SMILES string of the molecule is CCOc1ccc(C(=O)NCC2CNC2)cc1OCC.Cl. The van der Waals surface area contributed by atoms with Gasteiger partial charge >= 0.3 is 0 Å². The second kappa shape index (κ2) is 8.74. The van der Waals surface area contributed by atoms with Crippen molar-refractivity contribution in [1.29, 1.82) is 0 Å². The quantitative estimate of drug-likeness (QED) is 0.806. The predicted molar refractivity (Wildman–Crippen MR) is 84.7 cm³/mol. The van der Waals surface area contributed by atoms with Gasteiger partial charge in [-0.2, -0.15) is 0 Å². The van der Waals surface area contributed by atoms with E-state index >= 15 is 0 Å². The van der Waals surface area contributed by atoms with Crippen molar-refractivity contribution in [2.45, 2.75) is 13.8 Å². The summed E-state index contributed by atoms with van der Waals surface area (Å²) in [4.78, 5) is 12.1. The predicted octanol–water partition coefficient (Wildman–Crippen LogP) is 1.85. The maximum atomic E-state index is 12.1. The van der Waals surface area contributed by atoms with E-state index in [1.165, 1.54) is 0 Å². The number of carbonyl (C=O) groups excluding carboxylic acids is 1. The fraction of sp³-hybridized carbons (Fsp3) is 0.533. The Morgan fingerprint density at radius 2 is 1.90 bits per heavy atom. The Bertz CT molecular complexity index is 464. The van der Waals surface area contributed by atoms with Gasteiger partial charge in [-0.15, -0.1) is 12.4 Å². The summed E-state index contributed by atoms with van der Waals surface area (Å²) < 4.78 is 11.0. The van der Waals surface area contributed by atoms with Gasteiger partial charge in [0, 0.05) is 31.1 Å². The Morgan fingerprint density at radius 3 is 2.48 bits per heavy atom. The van der Waals surface area contributed by atoms with Crippen LogP contribution in [0.3, 0.4) is 0 Å². The molecular formula is C15H23ClN2O3. The molecule has 1 aliphatic heterocycles. The Morgan fingerprint density at radius 1 is 1.24 bits per heavy atom. The highest BCUT2D eigenvalue weighted by Crippen LogP contribution is 2.28. The Balaban J connectivity index is 0.00000220. The van der Waals surface area contributed by atoms with Crippen LogP contribution >= 0.6 is 12.4 Å². The van der Waals surface area contributed by atoms with Crippen molar-refractivity contribution in [3.8, 4) is 11.5 Å². The maximum absolute atomic E-state index is 12.1. The van der Waals surface area contributed by atoms with Crippen LogP contribution in [0, 0.1) is 5.92 Å². The molecule has 1 heterocycles. The Kier molecular flexibility index (Phi) is 7.32. The molecule has 0 saturated carbocycles. The molecule has 118 valence electrons. The van der Waals surface area contributed by atoms with Crippen molar-refractivity contribution in [2.24, 2.45) is 5.92 Å². The summed E-state index contributed by atoms with van der Waals surface area (Å²) in [7, 11) is 0. The molecule has 1 fully saturated rings. The maximum Gasteiger partial charge on any atom is 0.251 e. The zero-order valence-corrected chi connectivity index (χ0v) is 13.3. The minimum Gasteiger partial charge on any atom is -0.490 e. The standard InChI is InChI=1S/C15H22N2O3.ClH/c1-3-19-13-6-5-12(7-14(13)20-4-2)15(18)17-10-11-8-16-9-11;/h5-7,11,16H,3-4,8-10H2,1-2H3,(H,17,18);1H. The number of halogens is 1. The Labute approximate surface area is 131 Å². The largest absolute Gasteiger partial charge is 0.490 e. The van der Waals surface area contributed by atoms with Crippen molar-refractivity contribution >= 4 is 18.3 Å². The van der Waals surface area contributed by atoms with Gasteiger partial charge in [0.25, 0.3) is 5.91 Å². The third kappa shape index (κ3) is 4.79. The van der Waals surface area contributed by atoms with Gasteiger partial charge in [-0.25, -0.2) is 0 Å². The number of hydrogen-bond acceptors (Lipinski definition) is 4.